The predicted octanol–water partition coefficient (Wildman–Crippen LogP) is 2.17. The summed E-state index contributed by atoms with van der Waals surface area (Å²) in [4.78, 5) is 0. The van der Waals surface area contributed by atoms with E-state index < -0.39 is 0 Å². The molecular formula is C10H15NO. The molecular weight excluding hydrogens is 150 g/mol. The summed E-state index contributed by atoms with van der Waals surface area (Å²) in [5.41, 5.74) is 2.02. The van der Waals surface area contributed by atoms with Crippen LogP contribution < -0.4 is 5.32 Å². The Morgan fingerprint density at radius 3 is 2.83 bits per heavy atom. The summed E-state index contributed by atoms with van der Waals surface area (Å²) in [6, 6.07) is 7.83. The highest BCUT2D eigenvalue weighted by molar-refractivity contribution is 5.45. The van der Waals surface area contributed by atoms with Crippen LogP contribution in [-0.4, -0.2) is 11.7 Å². The molecule has 2 heteroatoms. The fraction of sp³-hybridized carbons (Fsp3) is 0.400. The van der Waals surface area contributed by atoms with Gasteiger partial charge in [0.1, 0.15) is 0 Å². The van der Waals surface area contributed by atoms with Crippen LogP contribution in [0.4, 0.5) is 5.69 Å². The monoisotopic (exact) mass is 165 g/mol. The lowest BCUT2D eigenvalue weighted by atomic mass is 10.1. The van der Waals surface area contributed by atoms with Gasteiger partial charge in [-0.05, 0) is 31.5 Å². The highest BCUT2D eigenvalue weighted by Gasteiger charge is 1.99. The number of hydrogen-bond donors (Lipinski definition) is 2. The summed E-state index contributed by atoms with van der Waals surface area (Å²) < 4.78 is 0. The van der Waals surface area contributed by atoms with Gasteiger partial charge in [0.05, 0.1) is 6.10 Å². The zero-order valence-electron chi connectivity index (χ0n) is 7.54. The summed E-state index contributed by atoms with van der Waals surface area (Å²) >= 11 is 0. The zero-order chi connectivity index (χ0) is 8.97. The van der Waals surface area contributed by atoms with E-state index in [1.165, 1.54) is 0 Å². The second kappa shape index (κ2) is 4.12. The molecule has 1 rings (SSSR count). The van der Waals surface area contributed by atoms with Crippen molar-refractivity contribution in [3.8, 4) is 0 Å². The first-order chi connectivity index (χ1) is 5.74. The standard InChI is InChI=1S/C10H15NO/c1-3-11-10-6-4-5-9(7-10)8(2)12/h4-8,11-12H,3H2,1-2H3. The van der Waals surface area contributed by atoms with Crippen LogP contribution in [0.3, 0.4) is 0 Å². The first-order valence-electron chi connectivity index (χ1n) is 4.26. The number of hydrogen-bond acceptors (Lipinski definition) is 2. The summed E-state index contributed by atoms with van der Waals surface area (Å²) in [6.45, 7) is 4.73. The molecule has 2 nitrogen and oxygen atoms in total. The minimum atomic E-state index is -0.386. The Kier molecular flexibility index (Phi) is 3.11. The molecule has 0 saturated carbocycles. The maximum Gasteiger partial charge on any atom is 0.0762 e. The fourth-order valence-corrected chi connectivity index (χ4v) is 1.11. The first kappa shape index (κ1) is 9.07. The SMILES string of the molecule is CCNc1cccc(C(C)O)c1. The van der Waals surface area contributed by atoms with E-state index >= 15 is 0 Å². The van der Waals surface area contributed by atoms with E-state index in [0.29, 0.717) is 0 Å². The van der Waals surface area contributed by atoms with E-state index in [4.69, 9.17) is 0 Å². The molecule has 0 heterocycles. The molecule has 0 amide bonds. The Balaban J connectivity index is 2.81. The average molecular weight is 165 g/mol. The minimum absolute atomic E-state index is 0.386. The normalized spacial score (nSPS) is 12.6. The maximum absolute atomic E-state index is 9.29. The van der Waals surface area contributed by atoms with Crippen molar-refractivity contribution in [1.29, 1.82) is 0 Å². The molecule has 12 heavy (non-hydrogen) atoms. The molecule has 1 atom stereocenters. The molecule has 0 saturated heterocycles. The smallest absolute Gasteiger partial charge is 0.0762 e. The van der Waals surface area contributed by atoms with Gasteiger partial charge >= 0.3 is 0 Å². The highest BCUT2D eigenvalue weighted by Crippen LogP contribution is 2.16. The molecule has 0 aliphatic heterocycles. The van der Waals surface area contributed by atoms with Crippen LogP contribution in [-0.2, 0) is 0 Å². The third-order valence-electron chi connectivity index (χ3n) is 1.75. The van der Waals surface area contributed by atoms with Crippen molar-refractivity contribution in [3.05, 3.63) is 29.8 Å². The molecule has 0 aromatic heterocycles. The van der Waals surface area contributed by atoms with E-state index in [2.05, 4.69) is 12.2 Å². The van der Waals surface area contributed by atoms with Crippen molar-refractivity contribution in [2.45, 2.75) is 20.0 Å². The highest BCUT2D eigenvalue weighted by atomic mass is 16.3. The van der Waals surface area contributed by atoms with Crippen LogP contribution in [0.15, 0.2) is 24.3 Å². The van der Waals surface area contributed by atoms with E-state index in [0.717, 1.165) is 17.8 Å². The Labute approximate surface area is 73.2 Å². The lowest BCUT2D eigenvalue weighted by Gasteiger charge is -2.07. The van der Waals surface area contributed by atoms with Crippen molar-refractivity contribution in [3.63, 3.8) is 0 Å². The van der Waals surface area contributed by atoms with Gasteiger partial charge < -0.3 is 10.4 Å². The van der Waals surface area contributed by atoms with Gasteiger partial charge in [-0.3, -0.25) is 0 Å². The molecule has 0 aliphatic rings. The summed E-state index contributed by atoms with van der Waals surface area (Å²) in [5.74, 6) is 0. The van der Waals surface area contributed by atoms with E-state index in [1.54, 1.807) is 6.92 Å². The summed E-state index contributed by atoms with van der Waals surface area (Å²) in [5, 5.41) is 12.5. The van der Waals surface area contributed by atoms with Gasteiger partial charge in [0, 0.05) is 12.2 Å². The van der Waals surface area contributed by atoms with Crippen molar-refractivity contribution >= 4 is 5.69 Å². The number of aliphatic hydroxyl groups is 1. The summed E-state index contributed by atoms with van der Waals surface area (Å²) in [6.07, 6.45) is -0.386. The minimum Gasteiger partial charge on any atom is -0.389 e. The van der Waals surface area contributed by atoms with Gasteiger partial charge in [-0.1, -0.05) is 12.1 Å². The molecule has 2 N–H and O–H groups in total. The van der Waals surface area contributed by atoms with E-state index in [1.807, 2.05) is 24.3 Å². The second-order valence-corrected chi connectivity index (χ2v) is 2.83. The van der Waals surface area contributed by atoms with Crippen molar-refractivity contribution < 1.29 is 5.11 Å². The molecule has 1 aromatic carbocycles. The van der Waals surface area contributed by atoms with Crippen molar-refractivity contribution in [2.75, 3.05) is 11.9 Å². The molecule has 0 radical (unpaired) electrons. The average Bonchev–Trinajstić information content (AvgIpc) is 2.05. The van der Waals surface area contributed by atoms with Crippen LogP contribution in [0, 0.1) is 0 Å². The van der Waals surface area contributed by atoms with Gasteiger partial charge in [0.15, 0.2) is 0 Å². The Bertz CT molecular complexity index is 245. The van der Waals surface area contributed by atoms with Crippen LogP contribution in [0.5, 0.6) is 0 Å². The molecule has 0 spiro atoms. The molecule has 1 unspecified atom stereocenters. The van der Waals surface area contributed by atoms with Crippen LogP contribution >= 0.6 is 0 Å². The topological polar surface area (TPSA) is 32.3 Å². The van der Waals surface area contributed by atoms with Crippen LogP contribution in [0.1, 0.15) is 25.5 Å². The molecule has 0 bridgehead atoms. The van der Waals surface area contributed by atoms with E-state index in [-0.39, 0.29) is 6.10 Å². The van der Waals surface area contributed by atoms with Crippen LogP contribution in [0.2, 0.25) is 0 Å². The quantitative estimate of drug-likeness (QED) is 0.719. The largest absolute Gasteiger partial charge is 0.389 e. The Morgan fingerprint density at radius 2 is 2.25 bits per heavy atom. The zero-order valence-corrected chi connectivity index (χ0v) is 7.54. The Morgan fingerprint density at radius 1 is 1.50 bits per heavy atom. The molecule has 0 fully saturated rings. The Hall–Kier alpha value is -1.02. The fourth-order valence-electron chi connectivity index (χ4n) is 1.11. The number of anilines is 1. The van der Waals surface area contributed by atoms with Crippen molar-refractivity contribution in [2.24, 2.45) is 0 Å². The predicted molar refractivity (Wildman–Crippen MR) is 51.2 cm³/mol. The number of nitrogens with one attached hydrogen (secondary N) is 1. The first-order valence-corrected chi connectivity index (χ1v) is 4.26. The maximum atomic E-state index is 9.29. The third-order valence-corrected chi connectivity index (χ3v) is 1.75. The van der Waals surface area contributed by atoms with Gasteiger partial charge in [0.25, 0.3) is 0 Å². The number of aliphatic hydroxyl groups excluding tert-OH is 1. The molecule has 0 aliphatic carbocycles. The van der Waals surface area contributed by atoms with Crippen molar-refractivity contribution in [1.82, 2.24) is 0 Å². The van der Waals surface area contributed by atoms with Gasteiger partial charge in [-0.15, -0.1) is 0 Å². The second-order valence-electron chi connectivity index (χ2n) is 2.83. The summed E-state index contributed by atoms with van der Waals surface area (Å²) in [7, 11) is 0. The van der Waals surface area contributed by atoms with Gasteiger partial charge in [-0.2, -0.15) is 0 Å². The van der Waals surface area contributed by atoms with Gasteiger partial charge in [0.2, 0.25) is 0 Å². The number of benzene rings is 1. The van der Waals surface area contributed by atoms with E-state index in [9.17, 15) is 5.11 Å². The lowest BCUT2D eigenvalue weighted by Crippen LogP contribution is -1.98. The molecule has 66 valence electrons. The number of rotatable bonds is 3. The van der Waals surface area contributed by atoms with Crippen LogP contribution in [0.25, 0.3) is 0 Å². The lowest BCUT2D eigenvalue weighted by molar-refractivity contribution is 0.199. The third kappa shape index (κ3) is 2.24. The van der Waals surface area contributed by atoms with Gasteiger partial charge in [-0.25, -0.2) is 0 Å². The molecule has 1 aromatic rings.